The van der Waals surface area contributed by atoms with Gasteiger partial charge in [0.2, 0.25) is 10.0 Å². The maximum absolute atomic E-state index is 12.9. The Hall–Kier alpha value is -2.78. The predicted molar refractivity (Wildman–Crippen MR) is 108 cm³/mol. The van der Waals surface area contributed by atoms with Crippen LogP contribution in [0.3, 0.4) is 0 Å². The summed E-state index contributed by atoms with van der Waals surface area (Å²) in [5, 5.41) is 15.1. The van der Waals surface area contributed by atoms with E-state index in [0.717, 1.165) is 5.69 Å². The van der Waals surface area contributed by atoms with Gasteiger partial charge in [-0.3, -0.25) is 0 Å². The Kier molecular flexibility index (Phi) is 6.05. The van der Waals surface area contributed by atoms with E-state index in [1.807, 2.05) is 50.2 Å². The normalized spacial score (nSPS) is 11.7. The number of nitrogens with one attached hydrogen (secondary N) is 1. The van der Waals surface area contributed by atoms with Crippen LogP contribution in [0.25, 0.3) is 5.69 Å². The lowest BCUT2D eigenvalue weighted by molar-refractivity contribution is 0.445. The standard InChI is InChI=1S/C19H24N6O2S/c1-4-24(5-2)28(26,27)18-13-16(12-11-15(18)3)20-14-19-21-22-23-25(19)17-9-7-6-8-10-17/h6-13,20H,4-5,14H2,1-3H3. The van der Waals surface area contributed by atoms with E-state index < -0.39 is 10.0 Å². The molecule has 0 atom stereocenters. The summed E-state index contributed by atoms with van der Waals surface area (Å²) in [6, 6.07) is 14.9. The number of nitrogens with zero attached hydrogens (tertiary/aromatic N) is 5. The van der Waals surface area contributed by atoms with Gasteiger partial charge in [-0.2, -0.15) is 8.99 Å². The van der Waals surface area contributed by atoms with Crippen LogP contribution in [-0.2, 0) is 16.6 Å². The third kappa shape index (κ3) is 4.05. The fourth-order valence-corrected chi connectivity index (χ4v) is 4.67. The molecule has 8 nitrogen and oxygen atoms in total. The molecule has 0 spiro atoms. The number of hydrogen-bond donors (Lipinski definition) is 1. The Morgan fingerprint density at radius 1 is 1.07 bits per heavy atom. The van der Waals surface area contributed by atoms with E-state index in [1.165, 1.54) is 4.31 Å². The second kappa shape index (κ2) is 8.49. The van der Waals surface area contributed by atoms with E-state index in [1.54, 1.807) is 23.7 Å². The molecule has 0 radical (unpaired) electrons. The van der Waals surface area contributed by atoms with Crippen molar-refractivity contribution in [1.29, 1.82) is 0 Å². The number of tetrazole rings is 1. The van der Waals surface area contributed by atoms with Crippen molar-refractivity contribution in [2.45, 2.75) is 32.2 Å². The molecule has 0 aliphatic carbocycles. The highest BCUT2D eigenvalue weighted by Gasteiger charge is 2.23. The van der Waals surface area contributed by atoms with Crippen LogP contribution < -0.4 is 5.32 Å². The first-order valence-corrected chi connectivity index (χ1v) is 10.6. The largest absolute Gasteiger partial charge is 0.378 e. The van der Waals surface area contributed by atoms with Crippen molar-refractivity contribution in [3.8, 4) is 5.69 Å². The molecule has 1 heterocycles. The summed E-state index contributed by atoms with van der Waals surface area (Å²) >= 11 is 0. The van der Waals surface area contributed by atoms with Gasteiger partial charge in [-0.15, -0.1) is 5.10 Å². The number of benzene rings is 2. The number of rotatable bonds is 8. The molecule has 0 bridgehead atoms. The lowest BCUT2D eigenvalue weighted by Crippen LogP contribution is -2.31. The van der Waals surface area contributed by atoms with Gasteiger partial charge >= 0.3 is 0 Å². The van der Waals surface area contributed by atoms with Gasteiger partial charge in [-0.25, -0.2) is 8.42 Å². The molecule has 0 aliphatic heterocycles. The Labute approximate surface area is 165 Å². The lowest BCUT2D eigenvalue weighted by atomic mass is 10.2. The molecule has 0 saturated heterocycles. The summed E-state index contributed by atoms with van der Waals surface area (Å²) in [6.45, 7) is 6.69. The highest BCUT2D eigenvalue weighted by Crippen LogP contribution is 2.24. The topological polar surface area (TPSA) is 93.0 Å². The third-order valence-corrected chi connectivity index (χ3v) is 6.69. The SMILES string of the molecule is CCN(CC)S(=O)(=O)c1cc(NCc2nnnn2-c2ccccc2)ccc1C. The van der Waals surface area contributed by atoms with Crippen molar-refractivity contribution in [3.05, 3.63) is 59.9 Å². The van der Waals surface area contributed by atoms with Gasteiger partial charge in [0.25, 0.3) is 0 Å². The summed E-state index contributed by atoms with van der Waals surface area (Å²) in [5.74, 6) is 0.625. The van der Waals surface area contributed by atoms with E-state index in [2.05, 4.69) is 20.8 Å². The van der Waals surface area contributed by atoms with Crippen molar-refractivity contribution in [2.24, 2.45) is 0 Å². The fourth-order valence-electron chi connectivity index (χ4n) is 2.96. The number of para-hydroxylation sites is 1. The average molecular weight is 401 g/mol. The maximum atomic E-state index is 12.9. The van der Waals surface area contributed by atoms with Crippen molar-refractivity contribution in [1.82, 2.24) is 24.5 Å². The van der Waals surface area contributed by atoms with Crippen LogP contribution in [-0.4, -0.2) is 46.0 Å². The van der Waals surface area contributed by atoms with Gasteiger partial charge in [-0.05, 0) is 47.2 Å². The van der Waals surface area contributed by atoms with E-state index >= 15 is 0 Å². The Bertz CT molecular complexity index is 1030. The molecule has 0 fully saturated rings. The van der Waals surface area contributed by atoms with Gasteiger partial charge in [0, 0.05) is 18.8 Å². The average Bonchev–Trinajstić information content (AvgIpc) is 3.17. The third-order valence-electron chi connectivity index (χ3n) is 4.50. The Morgan fingerprint density at radius 3 is 2.46 bits per heavy atom. The van der Waals surface area contributed by atoms with Crippen LogP contribution in [0.4, 0.5) is 5.69 Å². The van der Waals surface area contributed by atoms with Crippen molar-refractivity contribution in [2.75, 3.05) is 18.4 Å². The molecule has 1 N–H and O–H groups in total. The van der Waals surface area contributed by atoms with Gasteiger partial charge in [-0.1, -0.05) is 38.1 Å². The molecule has 148 valence electrons. The van der Waals surface area contributed by atoms with E-state index in [-0.39, 0.29) is 0 Å². The van der Waals surface area contributed by atoms with Crippen LogP contribution in [0, 0.1) is 6.92 Å². The zero-order valence-corrected chi connectivity index (χ0v) is 17.0. The number of hydrogen-bond acceptors (Lipinski definition) is 6. The van der Waals surface area contributed by atoms with Crippen LogP contribution in [0.5, 0.6) is 0 Å². The lowest BCUT2D eigenvalue weighted by Gasteiger charge is -2.20. The maximum Gasteiger partial charge on any atom is 0.243 e. The minimum atomic E-state index is -3.53. The van der Waals surface area contributed by atoms with Gasteiger partial charge < -0.3 is 5.32 Å². The van der Waals surface area contributed by atoms with Crippen molar-refractivity contribution < 1.29 is 8.42 Å². The minimum absolute atomic E-state index is 0.309. The Balaban J connectivity index is 1.83. The van der Waals surface area contributed by atoms with Gasteiger partial charge in [0.15, 0.2) is 5.82 Å². The second-order valence-electron chi connectivity index (χ2n) is 6.27. The summed E-state index contributed by atoms with van der Waals surface area (Å²) in [6.07, 6.45) is 0. The Morgan fingerprint density at radius 2 is 1.79 bits per heavy atom. The van der Waals surface area contributed by atoms with Crippen LogP contribution in [0.1, 0.15) is 25.2 Å². The minimum Gasteiger partial charge on any atom is -0.378 e. The predicted octanol–water partition coefficient (Wildman–Crippen LogP) is 2.61. The smallest absolute Gasteiger partial charge is 0.243 e. The fraction of sp³-hybridized carbons (Fsp3) is 0.316. The van der Waals surface area contributed by atoms with E-state index in [4.69, 9.17) is 0 Å². The molecule has 3 rings (SSSR count). The van der Waals surface area contributed by atoms with Crippen LogP contribution in [0.2, 0.25) is 0 Å². The molecule has 0 unspecified atom stereocenters. The van der Waals surface area contributed by atoms with Crippen molar-refractivity contribution >= 4 is 15.7 Å². The van der Waals surface area contributed by atoms with Crippen LogP contribution >= 0.6 is 0 Å². The number of aryl methyl sites for hydroxylation is 1. The highest BCUT2D eigenvalue weighted by molar-refractivity contribution is 7.89. The molecule has 2 aromatic carbocycles. The second-order valence-corrected chi connectivity index (χ2v) is 8.17. The monoisotopic (exact) mass is 400 g/mol. The van der Waals surface area contributed by atoms with Gasteiger partial charge in [0.1, 0.15) is 0 Å². The number of sulfonamides is 1. The quantitative estimate of drug-likeness (QED) is 0.625. The molecule has 9 heteroatoms. The molecule has 1 aromatic heterocycles. The summed E-state index contributed by atoms with van der Waals surface area (Å²) in [7, 11) is -3.53. The van der Waals surface area contributed by atoms with E-state index in [9.17, 15) is 8.42 Å². The zero-order chi connectivity index (χ0) is 20.1. The molecule has 3 aromatic rings. The molecule has 0 amide bonds. The summed E-state index contributed by atoms with van der Waals surface area (Å²) in [4.78, 5) is 0.309. The molecule has 28 heavy (non-hydrogen) atoms. The molecular formula is C19H24N6O2S. The number of aromatic nitrogens is 4. The first-order chi connectivity index (χ1) is 13.5. The number of anilines is 1. The van der Waals surface area contributed by atoms with Crippen LogP contribution in [0.15, 0.2) is 53.4 Å². The first kappa shape index (κ1) is 20.0. The van der Waals surface area contributed by atoms with Gasteiger partial charge in [0.05, 0.1) is 17.1 Å². The molecule has 0 saturated carbocycles. The van der Waals surface area contributed by atoms with E-state index in [0.29, 0.717) is 41.6 Å². The highest BCUT2D eigenvalue weighted by atomic mass is 32.2. The van der Waals surface area contributed by atoms with Crippen molar-refractivity contribution in [3.63, 3.8) is 0 Å². The molecule has 0 aliphatic rings. The summed E-state index contributed by atoms with van der Waals surface area (Å²) in [5.41, 5.74) is 2.27. The first-order valence-electron chi connectivity index (χ1n) is 9.14. The zero-order valence-electron chi connectivity index (χ0n) is 16.2. The summed E-state index contributed by atoms with van der Waals surface area (Å²) < 4.78 is 28.9. The molecular weight excluding hydrogens is 376 g/mol.